The fourth-order valence-corrected chi connectivity index (χ4v) is 2.36. The standard InChI is InChI=1S/C19H14F3N3O/c20-19(21,22)16-3-1-15(2-4-16)18(26)25-12-13-5-10-24-17(11-13)14-6-8-23-9-7-14/h1-11H,12H2,(H,25,26). The quantitative estimate of drug-likeness (QED) is 0.765. The normalized spacial score (nSPS) is 11.2. The minimum atomic E-state index is -4.42. The van der Waals surface area contributed by atoms with Crippen molar-refractivity contribution in [2.24, 2.45) is 0 Å². The molecule has 7 heteroatoms. The zero-order valence-corrected chi connectivity index (χ0v) is 13.5. The van der Waals surface area contributed by atoms with Crippen LogP contribution in [0.5, 0.6) is 0 Å². The van der Waals surface area contributed by atoms with E-state index in [1.807, 2.05) is 18.2 Å². The van der Waals surface area contributed by atoms with E-state index in [9.17, 15) is 18.0 Å². The molecule has 0 atom stereocenters. The van der Waals surface area contributed by atoms with Gasteiger partial charge in [0.1, 0.15) is 0 Å². The average molecular weight is 357 g/mol. The molecule has 0 aliphatic heterocycles. The van der Waals surface area contributed by atoms with Crippen LogP contribution in [0.1, 0.15) is 21.5 Å². The van der Waals surface area contributed by atoms with Crippen molar-refractivity contribution < 1.29 is 18.0 Å². The molecule has 132 valence electrons. The summed E-state index contributed by atoms with van der Waals surface area (Å²) in [4.78, 5) is 20.4. The van der Waals surface area contributed by atoms with Crippen molar-refractivity contribution in [3.63, 3.8) is 0 Å². The number of nitrogens with zero attached hydrogens (tertiary/aromatic N) is 2. The third-order valence-corrected chi connectivity index (χ3v) is 3.73. The molecule has 0 fully saturated rings. The molecular weight excluding hydrogens is 343 g/mol. The summed E-state index contributed by atoms with van der Waals surface area (Å²) in [6.45, 7) is 0.237. The predicted octanol–water partition coefficient (Wildman–Crippen LogP) is 4.09. The highest BCUT2D eigenvalue weighted by atomic mass is 19.4. The van der Waals surface area contributed by atoms with Gasteiger partial charge in [-0.2, -0.15) is 13.2 Å². The van der Waals surface area contributed by atoms with E-state index in [4.69, 9.17) is 0 Å². The Morgan fingerprint density at radius 1 is 0.962 bits per heavy atom. The first-order chi connectivity index (χ1) is 12.4. The second-order valence-corrected chi connectivity index (χ2v) is 5.54. The average Bonchev–Trinajstić information content (AvgIpc) is 2.66. The Balaban J connectivity index is 1.66. The summed E-state index contributed by atoms with van der Waals surface area (Å²) in [6, 6.07) is 11.4. The number of amides is 1. The van der Waals surface area contributed by atoms with Gasteiger partial charge in [0.25, 0.3) is 5.91 Å². The third kappa shape index (κ3) is 4.24. The number of rotatable bonds is 4. The number of halogens is 3. The van der Waals surface area contributed by atoms with Gasteiger partial charge in [-0.15, -0.1) is 0 Å². The van der Waals surface area contributed by atoms with Gasteiger partial charge in [-0.25, -0.2) is 0 Å². The van der Waals surface area contributed by atoms with Gasteiger partial charge in [0.15, 0.2) is 0 Å². The molecule has 0 bridgehead atoms. The van der Waals surface area contributed by atoms with Crippen molar-refractivity contribution >= 4 is 5.91 Å². The van der Waals surface area contributed by atoms with Gasteiger partial charge in [-0.1, -0.05) is 0 Å². The van der Waals surface area contributed by atoms with E-state index < -0.39 is 17.6 Å². The Hall–Kier alpha value is -3.22. The van der Waals surface area contributed by atoms with Crippen LogP contribution in [0.2, 0.25) is 0 Å². The van der Waals surface area contributed by atoms with Gasteiger partial charge in [0.05, 0.1) is 11.3 Å². The Kier molecular flexibility index (Phi) is 4.97. The predicted molar refractivity (Wildman–Crippen MR) is 90.1 cm³/mol. The minimum Gasteiger partial charge on any atom is -0.348 e. The molecule has 1 aromatic carbocycles. The second kappa shape index (κ2) is 7.35. The summed E-state index contributed by atoms with van der Waals surface area (Å²) in [5.74, 6) is -0.444. The maximum Gasteiger partial charge on any atom is 0.416 e. The smallest absolute Gasteiger partial charge is 0.348 e. The van der Waals surface area contributed by atoms with Crippen molar-refractivity contribution in [1.29, 1.82) is 0 Å². The number of hydrogen-bond donors (Lipinski definition) is 1. The van der Waals surface area contributed by atoms with Crippen LogP contribution in [-0.2, 0) is 12.7 Å². The van der Waals surface area contributed by atoms with Crippen LogP contribution in [-0.4, -0.2) is 15.9 Å². The molecule has 26 heavy (non-hydrogen) atoms. The van der Waals surface area contributed by atoms with E-state index >= 15 is 0 Å². The van der Waals surface area contributed by atoms with Gasteiger partial charge in [-0.3, -0.25) is 14.8 Å². The summed E-state index contributed by atoms with van der Waals surface area (Å²) in [5.41, 5.74) is 1.85. The number of pyridine rings is 2. The maximum absolute atomic E-state index is 12.6. The fourth-order valence-electron chi connectivity index (χ4n) is 2.36. The number of hydrogen-bond acceptors (Lipinski definition) is 3. The number of carbonyl (C=O) groups is 1. The Bertz CT molecular complexity index is 894. The topological polar surface area (TPSA) is 54.9 Å². The number of alkyl halides is 3. The van der Waals surface area contributed by atoms with E-state index in [2.05, 4.69) is 15.3 Å². The largest absolute Gasteiger partial charge is 0.416 e. The lowest BCUT2D eigenvalue weighted by molar-refractivity contribution is -0.137. The number of nitrogens with one attached hydrogen (secondary N) is 1. The molecule has 0 aliphatic carbocycles. The lowest BCUT2D eigenvalue weighted by Crippen LogP contribution is -2.23. The molecule has 0 saturated heterocycles. The summed E-state index contributed by atoms with van der Waals surface area (Å²) in [5, 5.41) is 2.69. The second-order valence-electron chi connectivity index (χ2n) is 5.54. The van der Waals surface area contributed by atoms with Crippen molar-refractivity contribution in [1.82, 2.24) is 15.3 Å². The van der Waals surface area contributed by atoms with Crippen molar-refractivity contribution in [2.75, 3.05) is 0 Å². The highest BCUT2D eigenvalue weighted by Gasteiger charge is 2.30. The van der Waals surface area contributed by atoms with Gasteiger partial charge >= 0.3 is 6.18 Å². The number of benzene rings is 1. The molecule has 2 heterocycles. The van der Waals surface area contributed by atoms with E-state index in [1.165, 1.54) is 0 Å². The molecule has 0 unspecified atom stereocenters. The van der Waals surface area contributed by atoms with E-state index in [1.54, 1.807) is 24.7 Å². The molecule has 4 nitrogen and oxygen atoms in total. The molecule has 0 radical (unpaired) electrons. The molecule has 0 spiro atoms. The molecule has 0 saturated carbocycles. The maximum atomic E-state index is 12.6. The Morgan fingerprint density at radius 3 is 2.31 bits per heavy atom. The van der Waals surface area contributed by atoms with Crippen LogP contribution in [0.3, 0.4) is 0 Å². The molecular formula is C19H14F3N3O. The lowest BCUT2D eigenvalue weighted by atomic mass is 10.1. The highest BCUT2D eigenvalue weighted by molar-refractivity contribution is 5.94. The van der Waals surface area contributed by atoms with Gasteiger partial charge in [-0.05, 0) is 54.1 Å². The van der Waals surface area contributed by atoms with Gasteiger partial charge in [0, 0.05) is 36.3 Å². The molecule has 1 amide bonds. The van der Waals surface area contributed by atoms with Crippen LogP contribution >= 0.6 is 0 Å². The third-order valence-electron chi connectivity index (χ3n) is 3.73. The Labute approximate surface area is 147 Å². The zero-order valence-electron chi connectivity index (χ0n) is 13.5. The lowest BCUT2D eigenvalue weighted by Gasteiger charge is -2.09. The van der Waals surface area contributed by atoms with Gasteiger partial charge < -0.3 is 5.32 Å². The minimum absolute atomic E-state index is 0.168. The summed E-state index contributed by atoms with van der Waals surface area (Å²) < 4.78 is 37.7. The monoisotopic (exact) mass is 357 g/mol. The van der Waals surface area contributed by atoms with Crippen molar-refractivity contribution in [2.45, 2.75) is 12.7 Å². The Morgan fingerprint density at radius 2 is 1.65 bits per heavy atom. The number of carbonyl (C=O) groups excluding carboxylic acids is 1. The first-order valence-corrected chi connectivity index (χ1v) is 7.74. The summed E-state index contributed by atoms with van der Waals surface area (Å²) in [6.07, 6.45) is 0.539. The first kappa shape index (κ1) is 17.6. The molecule has 0 aliphatic rings. The fraction of sp³-hybridized carbons (Fsp3) is 0.105. The van der Waals surface area contributed by atoms with Crippen LogP contribution in [0.15, 0.2) is 67.1 Å². The van der Waals surface area contributed by atoms with Crippen molar-refractivity contribution in [3.8, 4) is 11.3 Å². The molecule has 2 aromatic heterocycles. The van der Waals surface area contributed by atoms with Crippen LogP contribution in [0.4, 0.5) is 13.2 Å². The molecule has 1 N–H and O–H groups in total. The molecule has 3 rings (SSSR count). The SMILES string of the molecule is O=C(NCc1ccnc(-c2ccncc2)c1)c1ccc(C(F)(F)F)cc1. The zero-order chi connectivity index (χ0) is 18.6. The highest BCUT2D eigenvalue weighted by Crippen LogP contribution is 2.29. The summed E-state index contributed by atoms with van der Waals surface area (Å²) in [7, 11) is 0. The summed E-state index contributed by atoms with van der Waals surface area (Å²) >= 11 is 0. The van der Waals surface area contributed by atoms with Crippen LogP contribution in [0, 0.1) is 0 Å². The van der Waals surface area contributed by atoms with Crippen LogP contribution in [0.25, 0.3) is 11.3 Å². The van der Waals surface area contributed by atoms with Gasteiger partial charge in [0.2, 0.25) is 0 Å². The van der Waals surface area contributed by atoms with Crippen molar-refractivity contribution in [3.05, 3.63) is 83.8 Å². The first-order valence-electron chi connectivity index (χ1n) is 7.74. The van der Waals surface area contributed by atoms with E-state index in [0.29, 0.717) is 0 Å². The van der Waals surface area contributed by atoms with E-state index in [-0.39, 0.29) is 12.1 Å². The van der Waals surface area contributed by atoms with Crippen LogP contribution < -0.4 is 5.32 Å². The molecule has 3 aromatic rings. The van der Waals surface area contributed by atoms with E-state index in [0.717, 1.165) is 41.1 Å². The number of aromatic nitrogens is 2.